The molecule has 32 heavy (non-hydrogen) atoms. The van der Waals surface area contributed by atoms with E-state index < -0.39 is 0 Å². The van der Waals surface area contributed by atoms with Crippen molar-refractivity contribution in [2.75, 3.05) is 31.1 Å². The molecule has 0 spiro atoms. The highest BCUT2D eigenvalue weighted by Crippen LogP contribution is 2.29. The number of aromatic nitrogens is 2. The Balaban J connectivity index is 1.47. The van der Waals surface area contributed by atoms with Gasteiger partial charge in [-0.05, 0) is 37.1 Å². The second-order valence-corrected chi connectivity index (χ2v) is 8.38. The second-order valence-electron chi connectivity index (χ2n) is 8.38. The molecule has 1 amide bonds. The lowest BCUT2D eigenvalue weighted by Gasteiger charge is -2.37. The summed E-state index contributed by atoms with van der Waals surface area (Å²) in [7, 11) is 0. The Labute approximate surface area is 188 Å². The summed E-state index contributed by atoms with van der Waals surface area (Å²) >= 11 is 0. The summed E-state index contributed by atoms with van der Waals surface area (Å²) in [6.45, 7) is 7.25. The van der Waals surface area contributed by atoms with E-state index in [2.05, 4.69) is 47.1 Å². The number of hydrogen-bond donors (Lipinski definition) is 0. The third-order valence-corrected chi connectivity index (χ3v) is 6.20. The van der Waals surface area contributed by atoms with Crippen LogP contribution >= 0.6 is 0 Å². The van der Waals surface area contributed by atoms with Crippen molar-refractivity contribution < 1.29 is 4.79 Å². The third kappa shape index (κ3) is 3.71. The minimum Gasteiger partial charge on any atom is -0.368 e. The minimum absolute atomic E-state index is 0.0237. The highest BCUT2D eigenvalue weighted by molar-refractivity contribution is 6.10. The maximum Gasteiger partial charge on any atom is 0.256 e. The fourth-order valence-electron chi connectivity index (χ4n) is 4.44. The molecule has 1 fully saturated rings. The number of carbonyl (C=O) groups is 1. The number of anilines is 1. The number of nitrogens with zero attached hydrogens (tertiary/aromatic N) is 4. The van der Waals surface area contributed by atoms with E-state index in [4.69, 9.17) is 0 Å². The van der Waals surface area contributed by atoms with E-state index in [-0.39, 0.29) is 5.91 Å². The monoisotopic (exact) mass is 422 g/mol. The van der Waals surface area contributed by atoms with Crippen LogP contribution in [0.1, 0.15) is 21.5 Å². The summed E-state index contributed by atoms with van der Waals surface area (Å²) in [5.41, 5.74) is 6.72. The van der Waals surface area contributed by atoms with Gasteiger partial charge in [0.25, 0.3) is 5.91 Å². The van der Waals surface area contributed by atoms with Gasteiger partial charge in [-0.25, -0.2) is 0 Å². The van der Waals surface area contributed by atoms with Crippen LogP contribution in [0.25, 0.3) is 22.2 Å². The molecule has 0 N–H and O–H groups in total. The third-order valence-electron chi connectivity index (χ3n) is 6.20. The van der Waals surface area contributed by atoms with E-state index >= 15 is 0 Å². The fourth-order valence-corrected chi connectivity index (χ4v) is 4.44. The van der Waals surface area contributed by atoms with Crippen molar-refractivity contribution in [1.29, 1.82) is 0 Å². The van der Waals surface area contributed by atoms with Crippen LogP contribution in [0.2, 0.25) is 0 Å². The zero-order chi connectivity index (χ0) is 22.1. The minimum atomic E-state index is 0.0237. The quantitative estimate of drug-likeness (QED) is 0.472. The lowest BCUT2D eigenvalue weighted by molar-refractivity contribution is 0.0749. The van der Waals surface area contributed by atoms with E-state index in [1.165, 1.54) is 16.8 Å². The maximum atomic E-state index is 13.8. The van der Waals surface area contributed by atoms with E-state index in [1.54, 1.807) is 0 Å². The average Bonchev–Trinajstić information content (AvgIpc) is 2.85. The Morgan fingerprint density at radius 3 is 2.31 bits per heavy atom. The van der Waals surface area contributed by atoms with Gasteiger partial charge in [0.2, 0.25) is 0 Å². The van der Waals surface area contributed by atoms with Gasteiger partial charge in [-0.3, -0.25) is 4.79 Å². The van der Waals surface area contributed by atoms with E-state index in [0.29, 0.717) is 24.3 Å². The van der Waals surface area contributed by atoms with Crippen LogP contribution < -0.4 is 4.90 Å². The van der Waals surface area contributed by atoms with Crippen molar-refractivity contribution in [1.82, 2.24) is 15.1 Å². The molecule has 0 unspecified atom stereocenters. The molecule has 1 saturated heterocycles. The van der Waals surface area contributed by atoms with Crippen LogP contribution in [0, 0.1) is 13.8 Å². The van der Waals surface area contributed by atoms with Gasteiger partial charge < -0.3 is 9.80 Å². The number of fused-ring (bicyclic) bond motifs is 1. The maximum absolute atomic E-state index is 13.8. The molecule has 2 heterocycles. The second kappa shape index (κ2) is 8.42. The Kier molecular flexibility index (Phi) is 5.31. The summed E-state index contributed by atoms with van der Waals surface area (Å²) in [6, 6.07) is 24.2. The van der Waals surface area contributed by atoms with E-state index in [1.807, 2.05) is 59.5 Å². The highest BCUT2D eigenvalue weighted by atomic mass is 16.2. The predicted octanol–water partition coefficient (Wildman–Crippen LogP) is 4.88. The summed E-state index contributed by atoms with van der Waals surface area (Å²) in [4.78, 5) is 18.1. The Morgan fingerprint density at radius 2 is 1.53 bits per heavy atom. The predicted molar refractivity (Wildman–Crippen MR) is 129 cm³/mol. The standard InChI is InChI=1S/C27H26N4O/c1-19-12-13-20(2)24(18-19)30-14-16-31(17-15-30)27(32)25-22-10-6-7-11-23(22)28-29-26(25)21-8-4-3-5-9-21/h3-13,18H,14-17H2,1-2H3. The molecular formula is C27H26N4O. The summed E-state index contributed by atoms with van der Waals surface area (Å²) in [5.74, 6) is 0.0237. The molecule has 0 bridgehead atoms. The van der Waals surface area contributed by atoms with Crippen molar-refractivity contribution in [3.8, 4) is 11.3 Å². The van der Waals surface area contributed by atoms with Gasteiger partial charge in [-0.15, -0.1) is 10.2 Å². The summed E-state index contributed by atoms with van der Waals surface area (Å²) in [6.07, 6.45) is 0. The zero-order valence-electron chi connectivity index (χ0n) is 18.5. The van der Waals surface area contributed by atoms with Crippen LogP contribution in [0.15, 0.2) is 72.8 Å². The van der Waals surface area contributed by atoms with Crippen LogP contribution in [0.5, 0.6) is 0 Å². The van der Waals surface area contributed by atoms with Crippen molar-refractivity contribution in [2.45, 2.75) is 13.8 Å². The molecule has 0 saturated carbocycles. The molecule has 0 atom stereocenters. The number of aryl methyl sites for hydroxylation is 2. The van der Waals surface area contributed by atoms with Gasteiger partial charge in [0.15, 0.2) is 0 Å². The molecule has 1 aliphatic heterocycles. The molecular weight excluding hydrogens is 396 g/mol. The fraction of sp³-hybridized carbons (Fsp3) is 0.222. The number of hydrogen-bond acceptors (Lipinski definition) is 4. The number of carbonyl (C=O) groups excluding carboxylic acids is 1. The summed E-state index contributed by atoms with van der Waals surface area (Å²) < 4.78 is 0. The normalized spacial score (nSPS) is 14.1. The van der Waals surface area contributed by atoms with Gasteiger partial charge >= 0.3 is 0 Å². The van der Waals surface area contributed by atoms with Gasteiger partial charge in [-0.1, -0.05) is 60.7 Å². The molecule has 1 aromatic heterocycles. The first kappa shape index (κ1) is 20.2. The Bertz CT molecular complexity index is 1280. The van der Waals surface area contributed by atoms with Gasteiger partial charge in [0, 0.05) is 42.8 Å². The Morgan fingerprint density at radius 1 is 0.812 bits per heavy atom. The largest absolute Gasteiger partial charge is 0.368 e. The molecule has 5 nitrogen and oxygen atoms in total. The molecule has 1 aliphatic rings. The molecule has 0 aliphatic carbocycles. The van der Waals surface area contributed by atoms with Crippen LogP contribution in [-0.4, -0.2) is 47.2 Å². The van der Waals surface area contributed by atoms with Crippen molar-refractivity contribution >= 4 is 22.5 Å². The van der Waals surface area contributed by atoms with Crippen molar-refractivity contribution in [3.05, 3.63) is 89.5 Å². The SMILES string of the molecule is Cc1ccc(C)c(N2CCN(C(=O)c3c(-c4ccccc4)nnc4ccccc34)CC2)c1. The lowest BCUT2D eigenvalue weighted by Crippen LogP contribution is -2.49. The molecule has 3 aromatic carbocycles. The summed E-state index contributed by atoms with van der Waals surface area (Å²) in [5, 5.41) is 9.71. The topological polar surface area (TPSA) is 49.3 Å². The van der Waals surface area contributed by atoms with Crippen LogP contribution in [0.3, 0.4) is 0 Å². The number of amides is 1. The zero-order valence-corrected chi connectivity index (χ0v) is 18.5. The van der Waals surface area contributed by atoms with Crippen LogP contribution in [-0.2, 0) is 0 Å². The van der Waals surface area contributed by atoms with Crippen molar-refractivity contribution in [2.24, 2.45) is 0 Å². The molecule has 4 aromatic rings. The lowest BCUT2D eigenvalue weighted by atomic mass is 10.0. The van der Waals surface area contributed by atoms with Gasteiger partial charge in [-0.2, -0.15) is 0 Å². The molecule has 160 valence electrons. The van der Waals surface area contributed by atoms with Crippen LogP contribution in [0.4, 0.5) is 5.69 Å². The van der Waals surface area contributed by atoms with E-state index in [9.17, 15) is 4.79 Å². The highest BCUT2D eigenvalue weighted by Gasteiger charge is 2.27. The molecule has 0 radical (unpaired) electrons. The van der Waals surface area contributed by atoms with Crippen molar-refractivity contribution in [3.63, 3.8) is 0 Å². The number of benzene rings is 3. The molecule has 5 rings (SSSR count). The Hall–Kier alpha value is -3.73. The smallest absolute Gasteiger partial charge is 0.256 e. The average molecular weight is 423 g/mol. The van der Waals surface area contributed by atoms with Gasteiger partial charge in [0.05, 0.1) is 11.1 Å². The van der Waals surface area contributed by atoms with Gasteiger partial charge in [0.1, 0.15) is 5.69 Å². The van der Waals surface area contributed by atoms with E-state index in [0.717, 1.165) is 29.6 Å². The first-order chi connectivity index (χ1) is 15.6. The first-order valence-electron chi connectivity index (χ1n) is 11.0. The number of rotatable bonds is 3. The number of piperazine rings is 1. The molecule has 5 heteroatoms. The first-order valence-corrected chi connectivity index (χ1v) is 11.0.